The maximum atomic E-state index is 14.0. The van der Waals surface area contributed by atoms with Crippen LogP contribution in [0.4, 0.5) is 45.2 Å². The summed E-state index contributed by atoms with van der Waals surface area (Å²) in [7, 11) is 0. The van der Waals surface area contributed by atoms with Crippen molar-refractivity contribution < 1.29 is 49.0 Å². The van der Waals surface area contributed by atoms with Crippen molar-refractivity contribution in [2.24, 2.45) is 0 Å². The molecule has 1 heterocycles. The van der Waals surface area contributed by atoms with Crippen molar-refractivity contribution in [3.05, 3.63) is 65.5 Å². The van der Waals surface area contributed by atoms with Gasteiger partial charge in [0, 0.05) is 29.2 Å². The van der Waals surface area contributed by atoms with E-state index in [1.165, 1.54) is 36.4 Å². The first-order valence-corrected chi connectivity index (χ1v) is 8.88. The number of alkyl halides is 9. The quantitative estimate of drug-likeness (QED) is 0.220. The fourth-order valence-corrected chi connectivity index (χ4v) is 2.60. The first-order chi connectivity index (χ1) is 15.1. The zero-order valence-corrected chi connectivity index (χ0v) is 16.4. The molecule has 33 heavy (non-hydrogen) atoms. The number of carbonyl (C=O) groups excluding carboxylic acids is 1. The minimum absolute atomic E-state index is 0.0157. The molecule has 0 radical (unpaired) electrons. The number of nitrogens with zero attached hydrogens (tertiary/aromatic N) is 2. The van der Waals surface area contributed by atoms with E-state index in [1.807, 2.05) is 0 Å². The number of hydrogen-bond acceptors (Lipinski definition) is 4. The molecule has 0 N–H and O–H groups in total. The van der Waals surface area contributed by atoms with Crippen LogP contribution in [-0.2, 0) is 15.5 Å². The third kappa shape index (κ3) is 4.55. The van der Waals surface area contributed by atoms with Crippen molar-refractivity contribution in [3.63, 3.8) is 0 Å². The van der Waals surface area contributed by atoms with E-state index in [9.17, 15) is 44.3 Å². The zero-order chi connectivity index (χ0) is 25.2. The Morgan fingerprint density at radius 3 is 1.88 bits per heavy atom. The summed E-state index contributed by atoms with van der Waals surface area (Å²) in [6.07, 6.45) is -1.84. The largest absolute Gasteiger partial charge is 0.462 e. The molecule has 0 aromatic heterocycles. The molecule has 0 unspecified atom stereocenters. The molecule has 1 aromatic rings. The maximum absolute atomic E-state index is 14.0. The van der Waals surface area contributed by atoms with Crippen LogP contribution in [0.15, 0.2) is 60.0 Å². The Kier molecular flexibility index (Phi) is 6.92. The molecule has 1 aliphatic rings. The minimum Gasteiger partial charge on any atom is -0.462 e. The van der Waals surface area contributed by atoms with Crippen LogP contribution in [0.25, 0.3) is 0 Å². The molecule has 0 bridgehead atoms. The van der Waals surface area contributed by atoms with Gasteiger partial charge in [-0.25, -0.2) is 4.79 Å². The van der Waals surface area contributed by atoms with Crippen LogP contribution >= 0.6 is 0 Å². The third-order valence-electron chi connectivity index (χ3n) is 4.38. The van der Waals surface area contributed by atoms with Crippen LogP contribution in [-0.4, -0.2) is 30.6 Å². The molecule has 0 saturated heterocycles. The number of halogens is 9. The number of allylic oxidation sites excluding steroid dienone is 3. The second-order valence-corrected chi connectivity index (χ2v) is 6.47. The highest BCUT2D eigenvalue weighted by molar-refractivity contribution is 5.95. The van der Waals surface area contributed by atoms with Gasteiger partial charge in [-0.05, 0) is 31.2 Å². The maximum Gasteiger partial charge on any atom is 0.460 e. The van der Waals surface area contributed by atoms with Crippen LogP contribution in [0.3, 0.4) is 0 Å². The number of anilines is 1. The number of nitriles is 1. The molecule has 0 atom stereocenters. The molecule has 2 rings (SSSR count). The number of carbonyl (C=O) groups is 1. The van der Waals surface area contributed by atoms with Gasteiger partial charge in [-0.3, -0.25) is 0 Å². The third-order valence-corrected chi connectivity index (χ3v) is 4.38. The zero-order valence-electron chi connectivity index (χ0n) is 16.4. The van der Waals surface area contributed by atoms with Crippen LogP contribution in [0.5, 0.6) is 0 Å². The van der Waals surface area contributed by atoms with Gasteiger partial charge in [0.15, 0.2) is 0 Å². The molecule has 13 heteroatoms. The summed E-state index contributed by atoms with van der Waals surface area (Å²) in [6.45, 7) is 1.54. The van der Waals surface area contributed by atoms with Gasteiger partial charge in [0.1, 0.15) is 11.6 Å². The fourth-order valence-electron chi connectivity index (χ4n) is 2.60. The van der Waals surface area contributed by atoms with E-state index in [4.69, 9.17) is 10.00 Å². The Labute approximate surface area is 180 Å². The SMILES string of the molecule is CCOC(=O)C(C#N)=C1C=CN(c2ccc(C(F)(F)C(F)(F)C(F)(F)C(F)(F)F)cc2)C=C1. The average molecular weight is 484 g/mol. The van der Waals surface area contributed by atoms with Gasteiger partial charge >= 0.3 is 29.9 Å². The van der Waals surface area contributed by atoms with Crippen molar-refractivity contribution in [2.75, 3.05) is 11.5 Å². The Bertz CT molecular complexity index is 1020. The molecule has 0 fully saturated rings. The molecule has 4 nitrogen and oxygen atoms in total. The van der Waals surface area contributed by atoms with E-state index in [0.29, 0.717) is 0 Å². The van der Waals surface area contributed by atoms with E-state index in [-0.39, 0.29) is 35.6 Å². The number of benzene rings is 1. The van der Waals surface area contributed by atoms with Gasteiger partial charge in [-0.1, -0.05) is 12.1 Å². The highest BCUT2D eigenvalue weighted by Crippen LogP contribution is 2.56. The molecule has 1 aromatic carbocycles. The molecule has 0 aliphatic carbocycles. The summed E-state index contributed by atoms with van der Waals surface area (Å²) in [4.78, 5) is 12.9. The molecular formula is C20H13F9N2O2. The number of ether oxygens (including phenoxy) is 1. The lowest BCUT2D eigenvalue weighted by atomic mass is 9.96. The summed E-state index contributed by atoms with van der Waals surface area (Å²) >= 11 is 0. The summed E-state index contributed by atoms with van der Waals surface area (Å²) in [5, 5.41) is 9.09. The molecule has 178 valence electrons. The van der Waals surface area contributed by atoms with Crippen molar-refractivity contribution in [2.45, 2.75) is 30.9 Å². The Morgan fingerprint density at radius 1 is 0.939 bits per heavy atom. The van der Waals surface area contributed by atoms with E-state index in [1.54, 1.807) is 6.07 Å². The second kappa shape index (κ2) is 8.84. The lowest BCUT2D eigenvalue weighted by Gasteiger charge is -2.34. The molecule has 0 amide bonds. The second-order valence-electron chi connectivity index (χ2n) is 6.47. The van der Waals surface area contributed by atoms with E-state index in [2.05, 4.69) is 0 Å². The Balaban J connectivity index is 2.31. The van der Waals surface area contributed by atoms with Crippen LogP contribution in [0.2, 0.25) is 0 Å². The summed E-state index contributed by atoms with van der Waals surface area (Å²) in [5.74, 6) is -20.5. The van der Waals surface area contributed by atoms with Crippen LogP contribution in [0, 0.1) is 11.3 Å². The van der Waals surface area contributed by atoms with Gasteiger partial charge in [-0.2, -0.15) is 44.8 Å². The van der Waals surface area contributed by atoms with E-state index < -0.39 is 35.5 Å². The number of hydrogen-bond donors (Lipinski definition) is 0. The Morgan fingerprint density at radius 2 is 1.45 bits per heavy atom. The van der Waals surface area contributed by atoms with Gasteiger partial charge in [0.05, 0.1) is 6.61 Å². The van der Waals surface area contributed by atoms with E-state index in [0.717, 1.165) is 12.1 Å². The summed E-state index contributed by atoms with van der Waals surface area (Å²) in [5.41, 5.74) is -1.92. The number of rotatable bonds is 6. The summed E-state index contributed by atoms with van der Waals surface area (Å²) in [6, 6.07) is 3.79. The fraction of sp³-hybridized carbons (Fsp3) is 0.300. The molecule has 0 spiro atoms. The lowest BCUT2D eigenvalue weighted by molar-refractivity contribution is -0.399. The van der Waals surface area contributed by atoms with Crippen molar-refractivity contribution >= 4 is 11.7 Å². The van der Waals surface area contributed by atoms with Crippen molar-refractivity contribution in [3.8, 4) is 6.07 Å². The predicted molar refractivity (Wildman–Crippen MR) is 96.3 cm³/mol. The lowest BCUT2D eigenvalue weighted by Crippen LogP contribution is -2.59. The molecule has 0 saturated carbocycles. The minimum atomic E-state index is -6.99. The molecule has 1 aliphatic heterocycles. The highest BCUT2D eigenvalue weighted by Gasteiger charge is 2.82. The monoisotopic (exact) mass is 484 g/mol. The first kappa shape index (κ1) is 25.8. The standard InChI is InChI=1S/C20H13F9N2O2/c1-2-33-16(32)15(11-30)12-7-9-31(10-8-12)14-5-3-13(4-6-14)17(21,22)18(23,24)19(25,26)20(27,28)29/h3-10H,2H2,1H3. The topological polar surface area (TPSA) is 53.3 Å². The Hall–Kier alpha value is -3.43. The number of esters is 1. The average Bonchev–Trinajstić information content (AvgIpc) is 2.74. The van der Waals surface area contributed by atoms with Gasteiger partial charge in [0.2, 0.25) is 0 Å². The first-order valence-electron chi connectivity index (χ1n) is 8.88. The van der Waals surface area contributed by atoms with Crippen molar-refractivity contribution in [1.29, 1.82) is 5.26 Å². The predicted octanol–water partition coefficient (Wildman–Crippen LogP) is 5.84. The van der Waals surface area contributed by atoms with E-state index >= 15 is 0 Å². The van der Waals surface area contributed by atoms with Gasteiger partial charge < -0.3 is 9.64 Å². The smallest absolute Gasteiger partial charge is 0.460 e. The van der Waals surface area contributed by atoms with Gasteiger partial charge in [-0.15, -0.1) is 0 Å². The molecular weight excluding hydrogens is 471 g/mol. The van der Waals surface area contributed by atoms with Crippen LogP contribution in [0.1, 0.15) is 12.5 Å². The van der Waals surface area contributed by atoms with Crippen LogP contribution < -0.4 is 4.90 Å². The summed E-state index contributed by atoms with van der Waals surface area (Å²) < 4.78 is 123. The van der Waals surface area contributed by atoms with Crippen molar-refractivity contribution in [1.82, 2.24) is 0 Å². The highest BCUT2D eigenvalue weighted by atomic mass is 19.4. The normalized spacial score (nSPS) is 14.8. The van der Waals surface area contributed by atoms with Gasteiger partial charge in [0.25, 0.3) is 0 Å².